The first-order valence-electron chi connectivity index (χ1n) is 9.42. The summed E-state index contributed by atoms with van der Waals surface area (Å²) in [6.45, 7) is 21.2. The van der Waals surface area contributed by atoms with Crippen LogP contribution in [0.5, 0.6) is 0 Å². The van der Waals surface area contributed by atoms with E-state index in [9.17, 15) is 15.3 Å². The van der Waals surface area contributed by atoms with E-state index in [1.165, 1.54) is 0 Å². The van der Waals surface area contributed by atoms with Crippen LogP contribution < -0.4 is 0 Å². The first-order valence-corrected chi connectivity index (χ1v) is 15.2. The highest BCUT2D eigenvalue weighted by Crippen LogP contribution is 2.40. The van der Waals surface area contributed by atoms with Crippen LogP contribution in [-0.2, 0) is 13.6 Å². The molecule has 26 heavy (non-hydrogen) atoms. The molecule has 1 rings (SSSR count). The van der Waals surface area contributed by atoms with E-state index in [0.29, 0.717) is 0 Å². The zero-order valence-electron chi connectivity index (χ0n) is 18.2. The Balaban J connectivity index is 2.92. The average Bonchev–Trinajstić information content (AvgIpc) is 2.43. The Morgan fingerprint density at radius 1 is 0.808 bits per heavy atom. The zero-order chi connectivity index (χ0) is 20.7. The molecule has 156 valence electrons. The third kappa shape index (κ3) is 5.38. The first kappa shape index (κ1) is 24.2. The Morgan fingerprint density at radius 3 is 1.69 bits per heavy atom. The van der Waals surface area contributed by atoms with E-state index in [4.69, 9.17) is 13.6 Å². The molecule has 0 radical (unpaired) electrons. The Kier molecular flexibility index (Phi) is 7.37. The molecule has 3 N–H and O–H groups in total. The van der Waals surface area contributed by atoms with E-state index < -0.39 is 47.3 Å². The van der Waals surface area contributed by atoms with Gasteiger partial charge >= 0.3 is 0 Å². The van der Waals surface area contributed by atoms with Crippen molar-refractivity contribution in [2.75, 3.05) is 6.61 Å². The Morgan fingerprint density at radius 2 is 1.27 bits per heavy atom. The van der Waals surface area contributed by atoms with Gasteiger partial charge in [0.15, 0.2) is 22.9 Å². The van der Waals surface area contributed by atoms with Gasteiger partial charge in [0.1, 0.15) is 24.4 Å². The van der Waals surface area contributed by atoms with Gasteiger partial charge in [0.25, 0.3) is 0 Å². The standard InChI is InChI=1S/C18H40O6Si2/c1-17(2,3)25(7,8)22-11-12-13(19)15(14(20)16(21)23-12)24-26(9,10)18(4,5)6/h12-16,19-21H,11H2,1-10H3/t12-,13-,14-,15+,16+/m1/s1. The minimum absolute atomic E-state index is 0.0296. The molecule has 8 heteroatoms. The molecule has 0 aromatic heterocycles. The fourth-order valence-corrected chi connectivity index (χ4v) is 4.54. The second kappa shape index (κ2) is 7.90. The van der Waals surface area contributed by atoms with Gasteiger partial charge in [-0.15, -0.1) is 0 Å². The van der Waals surface area contributed by atoms with E-state index >= 15 is 0 Å². The first-order chi connectivity index (χ1) is 11.4. The van der Waals surface area contributed by atoms with Crippen LogP contribution in [0.1, 0.15) is 41.5 Å². The van der Waals surface area contributed by atoms with Gasteiger partial charge in [0.05, 0.1) is 6.61 Å². The maximum absolute atomic E-state index is 10.8. The van der Waals surface area contributed by atoms with Crippen molar-refractivity contribution in [1.29, 1.82) is 0 Å². The molecule has 0 bridgehead atoms. The summed E-state index contributed by atoms with van der Waals surface area (Å²) < 4.78 is 17.8. The number of hydrogen-bond donors (Lipinski definition) is 3. The molecular formula is C18H40O6Si2. The second-order valence-electron chi connectivity index (χ2n) is 10.5. The largest absolute Gasteiger partial charge is 0.414 e. The summed E-state index contributed by atoms with van der Waals surface area (Å²) in [6.07, 6.45) is -5.39. The van der Waals surface area contributed by atoms with Gasteiger partial charge in [0.2, 0.25) is 0 Å². The lowest BCUT2D eigenvalue weighted by atomic mass is 9.99. The maximum Gasteiger partial charge on any atom is 0.192 e. The van der Waals surface area contributed by atoms with E-state index in [1.807, 2.05) is 0 Å². The zero-order valence-corrected chi connectivity index (χ0v) is 20.2. The Bertz CT molecular complexity index is 469. The van der Waals surface area contributed by atoms with Crippen LogP contribution >= 0.6 is 0 Å². The van der Waals surface area contributed by atoms with Crippen molar-refractivity contribution in [3.05, 3.63) is 0 Å². The van der Waals surface area contributed by atoms with Crippen LogP contribution in [-0.4, -0.2) is 69.3 Å². The van der Waals surface area contributed by atoms with Crippen molar-refractivity contribution < 1.29 is 28.9 Å². The van der Waals surface area contributed by atoms with E-state index in [1.54, 1.807) is 0 Å². The molecule has 0 aromatic rings. The van der Waals surface area contributed by atoms with Gasteiger partial charge in [-0.3, -0.25) is 0 Å². The van der Waals surface area contributed by atoms with Gasteiger partial charge in [0, 0.05) is 0 Å². The normalized spacial score (nSPS) is 32.0. The van der Waals surface area contributed by atoms with Crippen LogP contribution in [0, 0.1) is 0 Å². The number of aliphatic hydroxyl groups is 3. The Labute approximate surface area is 161 Å². The lowest BCUT2D eigenvalue weighted by molar-refractivity contribution is -0.282. The van der Waals surface area contributed by atoms with Crippen molar-refractivity contribution in [2.45, 2.75) is 109 Å². The van der Waals surface area contributed by atoms with Crippen LogP contribution in [0.2, 0.25) is 36.3 Å². The number of hydrogen-bond acceptors (Lipinski definition) is 6. The van der Waals surface area contributed by atoms with Crippen LogP contribution in [0.3, 0.4) is 0 Å². The third-order valence-corrected chi connectivity index (χ3v) is 15.3. The van der Waals surface area contributed by atoms with Gasteiger partial charge in [-0.05, 0) is 36.3 Å². The number of aliphatic hydroxyl groups excluding tert-OH is 3. The van der Waals surface area contributed by atoms with E-state index in [-0.39, 0.29) is 16.7 Å². The van der Waals surface area contributed by atoms with E-state index in [2.05, 4.69) is 67.7 Å². The Hall–Kier alpha value is 0.194. The molecule has 5 atom stereocenters. The van der Waals surface area contributed by atoms with Crippen molar-refractivity contribution >= 4 is 16.6 Å². The number of ether oxygens (including phenoxy) is 1. The molecule has 0 saturated carbocycles. The quantitative estimate of drug-likeness (QED) is 0.606. The molecule has 1 fully saturated rings. The highest BCUT2D eigenvalue weighted by atomic mass is 28.4. The molecule has 0 unspecified atom stereocenters. The monoisotopic (exact) mass is 408 g/mol. The van der Waals surface area contributed by atoms with Gasteiger partial charge < -0.3 is 28.9 Å². The van der Waals surface area contributed by atoms with Gasteiger partial charge in [-0.2, -0.15) is 0 Å². The fraction of sp³-hybridized carbons (Fsp3) is 1.00. The molecular weight excluding hydrogens is 368 g/mol. The molecule has 0 aromatic carbocycles. The minimum atomic E-state index is -2.24. The van der Waals surface area contributed by atoms with Crippen LogP contribution in [0.15, 0.2) is 0 Å². The number of rotatable bonds is 5. The highest BCUT2D eigenvalue weighted by molar-refractivity contribution is 6.74. The second-order valence-corrected chi connectivity index (χ2v) is 20.0. The van der Waals surface area contributed by atoms with E-state index in [0.717, 1.165) is 0 Å². The lowest BCUT2D eigenvalue weighted by Gasteiger charge is -2.47. The molecule has 1 aliphatic rings. The topological polar surface area (TPSA) is 88.4 Å². The summed E-state index contributed by atoms with van der Waals surface area (Å²) in [7, 11) is -4.27. The summed E-state index contributed by atoms with van der Waals surface area (Å²) in [5.74, 6) is 0. The molecule has 1 heterocycles. The maximum atomic E-state index is 10.8. The van der Waals surface area contributed by atoms with Crippen LogP contribution in [0.4, 0.5) is 0 Å². The molecule has 0 spiro atoms. The summed E-state index contributed by atoms with van der Waals surface area (Å²) in [4.78, 5) is 0. The van der Waals surface area contributed by atoms with Crippen molar-refractivity contribution in [2.24, 2.45) is 0 Å². The van der Waals surface area contributed by atoms with Crippen molar-refractivity contribution in [3.63, 3.8) is 0 Å². The van der Waals surface area contributed by atoms with Crippen molar-refractivity contribution in [3.8, 4) is 0 Å². The SMILES string of the molecule is CC(C)(C)[Si](C)(C)OC[C@H]1O[C@H](O)[C@H](O)[C@@H](O[Si](C)(C)C(C)(C)C)[C@@H]1O. The molecule has 6 nitrogen and oxygen atoms in total. The third-order valence-electron chi connectivity index (χ3n) is 6.31. The molecule has 0 amide bonds. The summed E-state index contributed by atoms with van der Waals surface area (Å²) in [5, 5.41) is 31.2. The predicted octanol–water partition coefficient (Wildman–Crippen LogP) is 2.84. The fourth-order valence-electron chi connectivity index (χ4n) is 2.22. The lowest BCUT2D eigenvalue weighted by Crippen LogP contribution is -2.63. The highest BCUT2D eigenvalue weighted by Gasteiger charge is 2.50. The smallest absolute Gasteiger partial charge is 0.192 e. The summed E-state index contributed by atoms with van der Waals surface area (Å²) in [6, 6.07) is 0. The summed E-state index contributed by atoms with van der Waals surface area (Å²) >= 11 is 0. The minimum Gasteiger partial charge on any atom is -0.414 e. The summed E-state index contributed by atoms with van der Waals surface area (Å²) in [5.41, 5.74) is 0. The van der Waals surface area contributed by atoms with Crippen molar-refractivity contribution in [1.82, 2.24) is 0 Å². The average molecular weight is 409 g/mol. The molecule has 0 aliphatic carbocycles. The molecule has 1 saturated heterocycles. The van der Waals surface area contributed by atoms with Crippen LogP contribution in [0.25, 0.3) is 0 Å². The predicted molar refractivity (Wildman–Crippen MR) is 108 cm³/mol. The molecule has 1 aliphatic heterocycles. The van der Waals surface area contributed by atoms with Gasteiger partial charge in [-0.25, -0.2) is 0 Å². The van der Waals surface area contributed by atoms with Gasteiger partial charge in [-0.1, -0.05) is 41.5 Å².